The number of amides is 1. The number of hydrogen-bond acceptors (Lipinski definition) is 3. The van der Waals surface area contributed by atoms with Crippen LogP contribution < -0.4 is 5.32 Å². The molecule has 0 radical (unpaired) electrons. The SMILES string of the molecule is CC[C@H](C)NC(=O)c1ccc(-c2cccc3ccnn23)o1. The van der Waals surface area contributed by atoms with Gasteiger partial charge < -0.3 is 9.73 Å². The van der Waals surface area contributed by atoms with Crippen LogP contribution in [0.3, 0.4) is 0 Å². The Morgan fingerprint density at radius 3 is 3.00 bits per heavy atom. The van der Waals surface area contributed by atoms with Crippen molar-refractivity contribution in [2.45, 2.75) is 26.3 Å². The van der Waals surface area contributed by atoms with Crippen molar-refractivity contribution >= 4 is 11.4 Å². The molecule has 3 aromatic heterocycles. The number of fused-ring (bicyclic) bond motifs is 1. The number of carbonyl (C=O) groups excluding carboxylic acids is 1. The first kappa shape index (κ1) is 13.4. The highest BCUT2D eigenvalue weighted by molar-refractivity contribution is 5.92. The van der Waals surface area contributed by atoms with Crippen LogP contribution in [0.15, 0.2) is 47.0 Å². The third-order valence-corrected chi connectivity index (χ3v) is 3.49. The van der Waals surface area contributed by atoms with E-state index in [0.29, 0.717) is 11.5 Å². The van der Waals surface area contributed by atoms with E-state index in [4.69, 9.17) is 4.42 Å². The highest BCUT2D eigenvalue weighted by Crippen LogP contribution is 2.23. The van der Waals surface area contributed by atoms with Gasteiger partial charge in [-0.1, -0.05) is 13.0 Å². The molecule has 0 spiro atoms. The Bertz CT molecular complexity index is 773. The van der Waals surface area contributed by atoms with Gasteiger partial charge in [-0.05, 0) is 43.7 Å². The Balaban J connectivity index is 1.91. The van der Waals surface area contributed by atoms with Gasteiger partial charge in [0.1, 0.15) is 5.69 Å². The molecular formula is C16H17N3O2. The van der Waals surface area contributed by atoms with Crippen molar-refractivity contribution in [2.24, 2.45) is 0 Å². The summed E-state index contributed by atoms with van der Waals surface area (Å²) in [6.45, 7) is 3.99. The van der Waals surface area contributed by atoms with Crippen LogP contribution in [0.1, 0.15) is 30.8 Å². The Morgan fingerprint density at radius 2 is 2.19 bits per heavy atom. The molecule has 1 amide bonds. The fourth-order valence-corrected chi connectivity index (χ4v) is 2.13. The third-order valence-electron chi connectivity index (χ3n) is 3.49. The molecule has 1 N–H and O–H groups in total. The summed E-state index contributed by atoms with van der Waals surface area (Å²) in [4.78, 5) is 12.0. The number of nitrogens with one attached hydrogen (secondary N) is 1. The molecule has 5 nitrogen and oxygen atoms in total. The minimum atomic E-state index is -0.191. The smallest absolute Gasteiger partial charge is 0.287 e. The summed E-state index contributed by atoms with van der Waals surface area (Å²) in [7, 11) is 0. The van der Waals surface area contributed by atoms with E-state index in [2.05, 4.69) is 10.4 Å². The number of nitrogens with zero attached hydrogens (tertiary/aromatic N) is 2. The predicted octanol–water partition coefficient (Wildman–Crippen LogP) is 3.12. The summed E-state index contributed by atoms with van der Waals surface area (Å²) in [5.41, 5.74) is 1.80. The van der Waals surface area contributed by atoms with E-state index in [0.717, 1.165) is 17.6 Å². The summed E-state index contributed by atoms with van der Waals surface area (Å²) in [6.07, 6.45) is 2.62. The molecule has 3 rings (SSSR count). The summed E-state index contributed by atoms with van der Waals surface area (Å²) >= 11 is 0. The second-order valence-corrected chi connectivity index (χ2v) is 5.03. The molecule has 0 aliphatic heterocycles. The zero-order valence-corrected chi connectivity index (χ0v) is 12.0. The average Bonchev–Trinajstić information content (AvgIpc) is 3.15. The predicted molar refractivity (Wildman–Crippen MR) is 80.1 cm³/mol. The Hall–Kier alpha value is -2.56. The van der Waals surface area contributed by atoms with E-state index in [9.17, 15) is 4.79 Å². The second kappa shape index (κ2) is 5.44. The molecule has 5 heteroatoms. The van der Waals surface area contributed by atoms with Crippen molar-refractivity contribution in [3.8, 4) is 11.5 Å². The van der Waals surface area contributed by atoms with Crippen molar-refractivity contribution in [3.05, 3.63) is 48.4 Å². The van der Waals surface area contributed by atoms with Crippen LogP contribution in [-0.2, 0) is 0 Å². The first-order chi connectivity index (χ1) is 10.2. The maximum atomic E-state index is 12.0. The van der Waals surface area contributed by atoms with Crippen LogP contribution in [-0.4, -0.2) is 21.6 Å². The lowest BCUT2D eigenvalue weighted by Crippen LogP contribution is -2.31. The van der Waals surface area contributed by atoms with Gasteiger partial charge in [0.2, 0.25) is 0 Å². The summed E-state index contributed by atoms with van der Waals surface area (Å²) in [5, 5.41) is 7.15. The maximum absolute atomic E-state index is 12.0. The van der Waals surface area contributed by atoms with Crippen LogP contribution in [0, 0.1) is 0 Å². The number of aromatic nitrogens is 2. The number of rotatable bonds is 4. The first-order valence-corrected chi connectivity index (χ1v) is 7.03. The molecule has 0 saturated heterocycles. The third kappa shape index (κ3) is 2.54. The molecule has 3 aromatic rings. The topological polar surface area (TPSA) is 59.5 Å². The van der Waals surface area contributed by atoms with E-state index >= 15 is 0 Å². The fourth-order valence-electron chi connectivity index (χ4n) is 2.13. The Labute approximate surface area is 122 Å². The molecule has 0 aliphatic carbocycles. The van der Waals surface area contributed by atoms with Crippen LogP contribution in [0.4, 0.5) is 0 Å². The quantitative estimate of drug-likeness (QED) is 0.800. The van der Waals surface area contributed by atoms with Gasteiger partial charge in [0.25, 0.3) is 5.91 Å². The van der Waals surface area contributed by atoms with Crippen LogP contribution in [0.2, 0.25) is 0 Å². The van der Waals surface area contributed by atoms with Crippen molar-refractivity contribution in [1.82, 2.24) is 14.9 Å². The molecule has 108 valence electrons. The zero-order valence-electron chi connectivity index (χ0n) is 12.0. The number of hydrogen-bond donors (Lipinski definition) is 1. The first-order valence-electron chi connectivity index (χ1n) is 7.03. The van der Waals surface area contributed by atoms with Crippen molar-refractivity contribution in [2.75, 3.05) is 0 Å². The lowest BCUT2D eigenvalue weighted by molar-refractivity contribution is 0.0912. The second-order valence-electron chi connectivity index (χ2n) is 5.03. The fraction of sp³-hybridized carbons (Fsp3) is 0.250. The van der Waals surface area contributed by atoms with Crippen LogP contribution in [0.25, 0.3) is 17.0 Å². The van der Waals surface area contributed by atoms with Crippen LogP contribution in [0.5, 0.6) is 0 Å². The van der Waals surface area contributed by atoms with Gasteiger partial charge >= 0.3 is 0 Å². The number of furan rings is 1. The molecular weight excluding hydrogens is 266 g/mol. The number of carbonyl (C=O) groups is 1. The van der Waals surface area contributed by atoms with E-state index in [1.807, 2.05) is 38.1 Å². The molecule has 0 aromatic carbocycles. The number of pyridine rings is 1. The highest BCUT2D eigenvalue weighted by Gasteiger charge is 2.15. The van der Waals surface area contributed by atoms with Crippen molar-refractivity contribution in [3.63, 3.8) is 0 Å². The minimum absolute atomic E-state index is 0.126. The van der Waals surface area contributed by atoms with Crippen molar-refractivity contribution < 1.29 is 9.21 Å². The summed E-state index contributed by atoms with van der Waals surface area (Å²) in [5.74, 6) is 0.747. The molecule has 0 bridgehead atoms. The molecule has 0 fully saturated rings. The van der Waals surface area contributed by atoms with E-state index in [1.54, 1.807) is 22.8 Å². The highest BCUT2D eigenvalue weighted by atomic mass is 16.4. The average molecular weight is 283 g/mol. The van der Waals surface area contributed by atoms with Gasteiger partial charge in [-0.2, -0.15) is 5.10 Å². The van der Waals surface area contributed by atoms with E-state index in [-0.39, 0.29) is 11.9 Å². The van der Waals surface area contributed by atoms with E-state index < -0.39 is 0 Å². The molecule has 0 unspecified atom stereocenters. The molecule has 0 aliphatic rings. The molecule has 1 atom stereocenters. The Morgan fingerprint density at radius 1 is 1.33 bits per heavy atom. The molecule has 3 heterocycles. The molecule has 0 saturated carbocycles. The van der Waals surface area contributed by atoms with Gasteiger partial charge in [-0.15, -0.1) is 0 Å². The maximum Gasteiger partial charge on any atom is 0.287 e. The minimum Gasteiger partial charge on any atom is -0.449 e. The summed E-state index contributed by atoms with van der Waals surface area (Å²) < 4.78 is 7.47. The summed E-state index contributed by atoms with van der Waals surface area (Å²) in [6, 6.07) is 11.3. The van der Waals surface area contributed by atoms with Crippen molar-refractivity contribution in [1.29, 1.82) is 0 Å². The monoisotopic (exact) mass is 283 g/mol. The normalized spacial score (nSPS) is 12.5. The lowest BCUT2D eigenvalue weighted by atomic mass is 10.2. The van der Waals surface area contributed by atoms with Gasteiger partial charge in [0.15, 0.2) is 11.5 Å². The largest absolute Gasteiger partial charge is 0.449 e. The standard InChI is InChI=1S/C16H17N3O2/c1-3-11(2)18-16(20)15-8-7-14(21-15)13-6-4-5-12-9-10-17-19(12)13/h4-11H,3H2,1-2H3,(H,18,20)/t11-/m0/s1. The zero-order chi connectivity index (χ0) is 14.8. The van der Waals surface area contributed by atoms with Gasteiger partial charge in [0.05, 0.1) is 11.7 Å². The van der Waals surface area contributed by atoms with Gasteiger partial charge in [-0.25, -0.2) is 4.52 Å². The van der Waals surface area contributed by atoms with E-state index in [1.165, 1.54) is 0 Å². The molecule has 21 heavy (non-hydrogen) atoms. The van der Waals surface area contributed by atoms with Crippen LogP contribution >= 0.6 is 0 Å². The van der Waals surface area contributed by atoms with Gasteiger partial charge in [0, 0.05) is 6.04 Å². The Kier molecular flexibility index (Phi) is 3.48. The van der Waals surface area contributed by atoms with Gasteiger partial charge in [-0.3, -0.25) is 4.79 Å². The lowest BCUT2D eigenvalue weighted by Gasteiger charge is -2.09.